The van der Waals surface area contributed by atoms with E-state index in [1.54, 1.807) is 5.06 Å². The van der Waals surface area contributed by atoms with Crippen LogP contribution in [-0.4, -0.2) is 84.7 Å². The molecule has 0 amide bonds. The van der Waals surface area contributed by atoms with Gasteiger partial charge in [0.15, 0.2) is 5.72 Å². The number of rotatable bonds is 10. The molecule has 0 atom stereocenters. The van der Waals surface area contributed by atoms with Crippen LogP contribution in [0.15, 0.2) is 0 Å². The first kappa shape index (κ1) is 25.7. The predicted octanol–water partition coefficient (Wildman–Crippen LogP) is 2.19. The smallest absolute Gasteiger partial charge is 0.195 e. The zero-order valence-corrected chi connectivity index (χ0v) is 19.6. The highest BCUT2D eigenvalue weighted by molar-refractivity contribution is 4.93. The molecule has 0 spiro atoms. The van der Waals surface area contributed by atoms with Crippen molar-refractivity contribution in [3.05, 3.63) is 0 Å². The molecule has 0 rings (SSSR count). The molecule has 158 valence electrons. The molecule has 26 heavy (non-hydrogen) atoms. The van der Waals surface area contributed by atoms with Crippen LogP contribution in [0.3, 0.4) is 0 Å². The zero-order valence-electron chi connectivity index (χ0n) is 19.6. The molecule has 8 nitrogen and oxygen atoms in total. The first-order valence-corrected chi connectivity index (χ1v) is 9.02. The fourth-order valence-electron chi connectivity index (χ4n) is 1.99. The SMILES string of the molecule is CN(C)C(C)(C)ON(N)C(C)(C)C(C)(C)ON(C)C(C)(C)O[N+](C)(C)C. The van der Waals surface area contributed by atoms with Crippen LogP contribution in [0.25, 0.3) is 0 Å². The van der Waals surface area contributed by atoms with E-state index in [2.05, 4.69) is 0 Å². The van der Waals surface area contributed by atoms with Crippen molar-refractivity contribution in [2.75, 3.05) is 42.3 Å². The number of hydrogen-bond donors (Lipinski definition) is 1. The van der Waals surface area contributed by atoms with Gasteiger partial charge in [-0.15, -0.1) is 5.17 Å². The average Bonchev–Trinajstić information content (AvgIpc) is 2.33. The molecule has 0 aromatic heterocycles. The Labute approximate surface area is 161 Å². The Morgan fingerprint density at radius 3 is 1.50 bits per heavy atom. The summed E-state index contributed by atoms with van der Waals surface area (Å²) in [5.74, 6) is 6.30. The largest absolute Gasteiger partial charge is 0.288 e. The van der Waals surface area contributed by atoms with Gasteiger partial charge in [0.25, 0.3) is 0 Å². The van der Waals surface area contributed by atoms with Gasteiger partial charge in [0, 0.05) is 7.05 Å². The molecule has 0 saturated carbocycles. The van der Waals surface area contributed by atoms with Crippen molar-refractivity contribution in [1.29, 1.82) is 0 Å². The molecule has 0 aliphatic carbocycles. The zero-order chi connectivity index (χ0) is 21.4. The van der Waals surface area contributed by atoms with E-state index in [-0.39, 0.29) is 0 Å². The van der Waals surface area contributed by atoms with Gasteiger partial charge in [-0.1, -0.05) is 0 Å². The average molecular weight is 379 g/mol. The summed E-state index contributed by atoms with van der Waals surface area (Å²) in [6, 6.07) is 0. The van der Waals surface area contributed by atoms with Gasteiger partial charge in [0.2, 0.25) is 0 Å². The van der Waals surface area contributed by atoms with Crippen molar-refractivity contribution in [3.8, 4) is 0 Å². The third-order valence-electron chi connectivity index (χ3n) is 5.04. The summed E-state index contributed by atoms with van der Waals surface area (Å²) in [5, 5.41) is 3.11. The molecule has 0 radical (unpaired) electrons. The molecular weight excluding hydrogens is 334 g/mol. The monoisotopic (exact) mass is 378 g/mol. The molecule has 0 saturated heterocycles. The Morgan fingerprint density at radius 2 is 1.15 bits per heavy atom. The second-order valence-corrected chi connectivity index (χ2v) is 9.84. The van der Waals surface area contributed by atoms with Gasteiger partial charge in [-0.25, -0.2) is 5.84 Å². The van der Waals surface area contributed by atoms with Gasteiger partial charge >= 0.3 is 0 Å². The summed E-state index contributed by atoms with van der Waals surface area (Å²) in [6.07, 6.45) is 0. The second-order valence-electron chi connectivity index (χ2n) is 9.84. The minimum atomic E-state index is -0.676. The second kappa shape index (κ2) is 7.97. The number of quaternary nitrogens is 1. The van der Waals surface area contributed by atoms with Gasteiger partial charge < -0.3 is 0 Å². The first-order valence-electron chi connectivity index (χ1n) is 9.02. The van der Waals surface area contributed by atoms with E-state index in [0.29, 0.717) is 4.65 Å². The number of nitrogens with two attached hydrogens (primary N) is 1. The lowest BCUT2D eigenvalue weighted by molar-refractivity contribution is -1.08. The van der Waals surface area contributed by atoms with Crippen LogP contribution >= 0.6 is 0 Å². The van der Waals surface area contributed by atoms with Gasteiger partial charge in [0.1, 0.15) is 11.3 Å². The molecule has 0 bridgehead atoms. The summed E-state index contributed by atoms with van der Waals surface area (Å²) in [5.41, 5.74) is -2.51. The molecule has 0 aliphatic heterocycles. The summed E-state index contributed by atoms with van der Waals surface area (Å²) in [6.45, 7) is 15.8. The molecule has 0 fully saturated rings. The van der Waals surface area contributed by atoms with E-state index in [0.717, 1.165) is 0 Å². The normalized spacial score (nSPS) is 15.5. The van der Waals surface area contributed by atoms with E-state index in [1.165, 1.54) is 5.17 Å². The topological polar surface area (TPSA) is 63.4 Å². The number of hydrazine groups is 1. The third-order valence-corrected chi connectivity index (χ3v) is 5.04. The highest BCUT2D eigenvalue weighted by atomic mass is 16.8. The molecule has 8 heteroatoms. The van der Waals surface area contributed by atoms with E-state index in [9.17, 15) is 0 Å². The van der Waals surface area contributed by atoms with Gasteiger partial charge in [0.05, 0.1) is 26.7 Å². The Morgan fingerprint density at radius 1 is 0.731 bits per heavy atom. The molecule has 2 N–H and O–H groups in total. The Kier molecular flexibility index (Phi) is 7.87. The maximum absolute atomic E-state index is 6.30. The van der Waals surface area contributed by atoms with Crippen LogP contribution in [0.5, 0.6) is 0 Å². The summed E-state index contributed by atoms with van der Waals surface area (Å²) < 4.78 is 0.355. The number of hydrogen-bond acceptors (Lipinski definition) is 7. The molecule has 0 aromatic carbocycles. The minimum absolute atomic E-state index is 0.355. The Hall–Kier alpha value is -0.320. The molecule has 0 heterocycles. The number of nitrogens with zero attached hydrogens (tertiary/aromatic N) is 4. The fourth-order valence-corrected chi connectivity index (χ4v) is 1.99. The van der Waals surface area contributed by atoms with Crippen molar-refractivity contribution in [3.63, 3.8) is 0 Å². The van der Waals surface area contributed by atoms with Crippen molar-refractivity contribution >= 4 is 0 Å². The number of hydroxylamine groups is 6. The predicted molar refractivity (Wildman–Crippen MR) is 105 cm³/mol. The van der Waals surface area contributed by atoms with Gasteiger partial charge in [-0.3, -0.25) is 14.6 Å². The van der Waals surface area contributed by atoms with Gasteiger partial charge in [-0.2, -0.15) is 14.5 Å². The first-order chi connectivity index (χ1) is 11.2. The third kappa shape index (κ3) is 6.69. The van der Waals surface area contributed by atoms with E-state index >= 15 is 0 Å². The maximum atomic E-state index is 6.30. The van der Waals surface area contributed by atoms with Gasteiger partial charge in [-0.05, 0) is 69.5 Å². The lowest BCUT2D eigenvalue weighted by Gasteiger charge is -2.50. The fraction of sp³-hybridized carbons (Fsp3) is 1.00. The van der Waals surface area contributed by atoms with E-state index in [4.69, 9.17) is 20.4 Å². The Balaban J connectivity index is 5.33. The highest BCUT2D eigenvalue weighted by Crippen LogP contribution is 2.34. The Bertz CT molecular complexity index is 456. The van der Waals surface area contributed by atoms with Crippen LogP contribution in [-0.2, 0) is 14.5 Å². The molecule has 0 aliphatic rings. The van der Waals surface area contributed by atoms with Crippen molar-refractivity contribution in [2.45, 2.75) is 78.0 Å². The minimum Gasteiger partial charge on any atom is -0.288 e. The lowest BCUT2D eigenvalue weighted by Crippen LogP contribution is -2.66. The maximum Gasteiger partial charge on any atom is 0.195 e. The quantitative estimate of drug-likeness (QED) is 0.270. The highest BCUT2D eigenvalue weighted by Gasteiger charge is 2.48. The van der Waals surface area contributed by atoms with Crippen LogP contribution < -0.4 is 5.84 Å². The standard InChI is InChI=1S/C18H44N5O3/c1-15(2,22(19)25-17(5,6)20(9)10)16(3,4)24-21(11)18(7,8)26-23(12,13)14/h19H2,1-14H3/q+1. The summed E-state index contributed by atoms with van der Waals surface area (Å²) in [4.78, 5) is 20.3. The van der Waals surface area contributed by atoms with Crippen LogP contribution in [0.1, 0.15) is 55.4 Å². The molecular formula is C18H44N5O3+. The van der Waals surface area contributed by atoms with Crippen LogP contribution in [0.4, 0.5) is 0 Å². The van der Waals surface area contributed by atoms with Crippen molar-refractivity contribution < 1.29 is 19.2 Å². The van der Waals surface area contributed by atoms with Crippen LogP contribution in [0, 0.1) is 0 Å². The lowest BCUT2D eigenvalue weighted by atomic mass is 9.86. The van der Waals surface area contributed by atoms with E-state index < -0.39 is 22.6 Å². The summed E-state index contributed by atoms with van der Waals surface area (Å²) in [7, 11) is 11.6. The summed E-state index contributed by atoms with van der Waals surface area (Å²) >= 11 is 0. The van der Waals surface area contributed by atoms with E-state index in [1.807, 2.05) is 103 Å². The molecule has 0 unspecified atom stereocenters. The van der Waals surface area contributed by atoms with Crippen molar-refractivity contribution in [1.82, 2.24) is 15.1 Å². The van der Waals surface area contributed by atoms with Crippen LogP contribution in [0.2, 0.25) is 0 Å². The van der Waals surface area contributed by atoms with Crippen molar-refractivity contribution in [2.24, 2.45) is 5.84 Å². The molecule has 0 aromatic rings.